The van der Waals surface area contributed by atoms with E-state index in [4.69, 9.17) is 17.3 Å². The highest BCUT2D eigenvalue weighted by Gasteiger charge is 2.32. The number of halogens is 2. The molecule has 1 aromatic rings. The van der Waals surface area contributed by atoms with Crippen molar-refractivity contribution in [3.8, 4) is 0 Å². The first-order valence-electron chi connectivity index (χ1n) is 6.84. The van der Waals surface area contributed by atoms with Crippen molar-refractivity contribution < 1.29 is 8.42 Å². The van der Waals surface area contributed by atoms with Crippen LogP contribution in [0.5, 0.6) is 0 Å². The highest BCUT2D eigenvalue weighted by molar-refractivity contribution is 7.89. The number of benzene rings is 1. The van der Waals surface area contributed by atoms with Crippen molar-refractivity contribution in [3.63, 3.8) is 0 Å². The molecule has 1 heterocycles. The summed E-state index contributed by atoms with van der Waals surface area (Å²) in [6.45, 7) is 4.80. The van der Waals surface area contributed by atoms with Crippen LogP contribution in [-0.2, 0) is 10.0 Å². The van der Waals surface area contributed by atoms with Crippen LogP contribution in [0.3, 0.4) is 0 Å². The average molecular weight is 353 g/mol. The third-order valence-corrected chi connectivity index (χ3v) is 6.22. The molecule has 0 amide bonds. The maximum Gasteiger partial charge on any atom is 0.244 e. The number of piperidine rings is 1. The van der Waals surface area contributed by atoms with Crippen LogP contribution in [0.1, 0.15) is 25.3 Å². The SMILES string of the molecule is Cc1ccc(Cl)c(S(=O)(=O)N2CCCC(C(C)N)C2)c1.Cl. The van der Waals surface area contributed by atoms with Gasteiger partial charge in [0.1, 0.15) is 4.90 Å². The van der Waals surface area contributed by atoms with Crippen LogP contribution in [0.25, 0.3) is 0 Å². The third kappa shape index (κ3) is 4.11. The molecular weight excluding hydrogens is 331 g/mol. The number of hydrogen-bond acceptors (Lipinski definition) is 3. The van der Waals surface area contributed by atoms with E-state index >= 15 is 0 Å². The standard InChI is InChI=1S/C14H21ClN2O2S.ClH/c1-10-5-6-13(15)14(8-10)20(18,19)17-7-3-4-12(9-17)11(2)16;/h5-6,8,11-12H,3-4,7,9,16H2,1-2H3;1H. The molecule has 0 radical (unpaired) electrons. The van der Waals surface area contributed by atoms with E-state index in [1.807, 2.05) is 19.9 Å². The molecule has 0 bridgehead atoms. The van der Waals surface area contributed by atoms with Crippen molar-refractivity contribution in [3.05, 3.63) is 28.8 Å². The largest absolute Gasteiger partial charge is 0.328 e. The van der Waals surface area contributed by atoms with Crippen molar-refractivity contribution in [2.45, 2.75) is 37.6 Å². The van der Waals surface area contributed by atoms with Gasteiger partial charge in [-0.2, -0.15) is 4.31 Å². The summed E-state index contributed by atoms with van der Waals surface area (Å²) >= 11 is 6.07. The summed E-state index contributed by atoms with van der Waals surface area (Å²) in [5.74, 6) is 0.210. The molecule has 0 saturated carbocycles. The van der Waals surface area contributed by atoms with Crippen molar-refractivity contribution in [2.75, 3.05) is 13.1 Å². The summed E-state index contributed by atoms with van der Waals surface area (Å²) in [5.41, 5.74) is 6.80. The van der Waals surface area contributed by atoms with Gasteiger partial charge in [-0.25, -0.2) is 8.42 Å². The first-order chi connectivity index (χ1) is 9.32. The second kappa shape index (κ2) is 7.29. The van der Waals surface area contributed by atoms with Gasteiger partial charge in [0.05, 0.1) is 5.02 Å². The smallest absolute Gasteiger partial charge is 0.244 e. The fraction of sp³-hybridized carbons (Fsp3) is 0.571. The van der Waals surface area contributed by atoms with Gasteiger partial charge in [0, 0.05) is 19.1 Å². The van der Waals surface area contributed by atoms with E-state index in [2.05, 4.69) is 0 Å². The Labute approximate surface area is 138 Å². The monoisotopic (exact) mass is 352 g/mol. The minimum Gasteiger partial charge on any atom is -0.328 e. The van der Waals surface area contributed by atoms with Gasteiger partial charge < -0.3 is 5.73 Å². The predicted molar refractivity (Wildman–Crippen MR) is 88.6 cm³/mol. The summed E-state index contributed by atoms with van der Waals surface area (Å²) in [6, 6.07) is 5.08. The molecule has 120 valence electrons. The zero-order valence-electron chi connectivity index (χ0n) is 12.3. The van der Waals surface area contributed by atoms with Gasteiger partial charge >= 0.3 is 0 Å². The first-order valence-corrected chi connectivity index (χ1v) is 8.66. The van der Waals surface area contributed by atoms with E-state index in [9.17, 15) is 8.42 Å². The quantitative estimate of drug-likeness (QED) is 0.909. The maximum absolute atomic E-state index is 12.7. The Kier molecular flexibility index (Phi) is 6.50. The number of nitrogens with zero attached hydrogens (tertiary/aromatic N) is 1. The lowest BCUT2D eigenvalue weighted by atomic mass is 9.93. The van der Waals surface area contributed by atoms with Crippen LogP contribution in [0, 0.1) is 12.8 Å². The van der Waals surface area contributed by atoms with Gasteiger partial charge in [0.15, 0.2) is 0 Å². The molecule has 0 aromatic heterocycles. The summed E-state index contributed by atoms with van der Waals surface area (Å²) in [5, 5.41) is 0.276. The molecule has 2 rings (SSSR count). The van der Waals surface area contributed by atoms with Crippen LogP contribution in [-0.4, -0.2) is 31.9 Å². The molecular formula is C14H22Cl2N2O2S. The van der Waals surface area contributed by atoms with Gasteiger partial charge in [-0.05, 0) is 50.3 Å². The van der Waals surface area contributed by atoms with Gasteiger partial charge in [-0.15, -0.1) is 12.4 Å². The third-order valence-electron chi connectivity index (χ3n) is 3.87. The van der Waals surface area contributed by atoms with Gasteiger partial charge in [0.25, 0.3) is 0 Å². The molecule has 1 fully saturated rings. The second-order valence-corrected chi connectivity index (χ2v) is 7.87. The first kappa shape index (κ1) is 18.7. The summed E-state index contributed by atoms with van der Waals surface area (Å²) < 4.78 is 27.0. The van der Waals surface area contributed by atoms with Crippen molar-refractivity contribution in [2.24, 2.45) is 11.7 Å². The minimum atomic E-state index is -3.54. The summed E-state index contributed by atoms with van der Waals surface area (Å²) in [6.07, 6.45) is 1.82. The molecule has 4 nitrogen and oxygen atoms in total. The lowest BCUT2D eigenvalue weighted by Gasteiger charge is -2.34. The lowest BCUT2D eigenvalue weighted by molar-refractivity contribution is 0.243. The normalized spacial score (nSPS) is 21.6. The molecule has 0 aliphatic carbocycles. The predicted octanol–water partition coefficient (Wildman–Crippen LogP) is 2.82. The number of aryl methyl sites for hydroxylation is 1. The Morgan fingerprint density at radius 3 is 2.71 bits per heavy atom. The molecule has 21 heavy (non-hydrogen) atoms. The highest BCUT2D eigenvalue weighted by atomic mass is 35.5. The molecule has 1 aliphatic rings. The van der Waals surface area contributed by atoms with Crippen LogP contribution in [0.15, 0.2) is 23.1 Å². The molecule has 0 spiro atoms. The summed E-state index contributed by atoms with van der Waals surface area (Å²) in [4.78, 5) is 0.199. The molecule has 1 saturated heterocycles. The average Bonchev–Trinajstić information content (AvgIpc) is 2.41. The molecule has 1 aliphatic heterocycles. The molecule has 2 unspecified atom stereocenters. The van der Waals surface area contributed by atoms with E-state index < -0.39 is 10.0 Å². The zero-order valence-corrected chi connectivity index (χ0v) is 14.6. The zero-order chi connectivity index (χ0) is 14.9. The fourth-order valence-corrected chi connectivity index (χ4v) is 4.66. The van der Waals surface area contributed by atoms with E-state index in [-0.39, 0.29) is 34.3 Å². The lowest BCUT2D eigenvalue weighted by Crippen LogP contribution is -2.45. The Morgan fingerprint density at radius 2 is 2.10 bits per heavy atom. The minimum absolute atomic E-state index is 0. The Morgan fingerprint density at radius 1 is 1.43 bits per heavy atom. The van der Waals surface area contributed by atoms with E-state index in [1.165, 1.54) is 4.31 Å². The van der Waals surface area contributed by atoms with Crippen LogP contribution in [0.2, 0.25) is 5.02 Å². The van der Waals surface area contributed by atoms with Crippen molar-refractivity contribution in [1.82, 2.24) is 4.31 Å². The molecule has 7 heteroatoms. The van der Waals surface area contributed by atoms with Crippen LogP contribution < -0.4 is 5.73 Å². The topological polar surface area (TPSA) is 63.4 Å². The Balaban J connectivity index is 0.00000220. The molecule has 2 N–H and O–H groups in total. The Bertz CT molecular complexity index is 591. The Hall–Kier alpha value is -0.330. The van der Waals surface area contributed by atoms with Gasteiger partial charge in [0.2, 0.25) is 10.0 Å². The van der Waals surface area contributed by atoms with Crippen molar-refractivity contribution in [1.29, 1.82) is 0 Å². The fourth-order valence-electron chi connectivity index (χ4n) is 2.57. The van der Waals surface area contributed by atoms with E-state index in [0.29, 0.717) is 13.1 Å². The summed E-state index contributed by atoms with van der Waals surface area (Å²) in [7, 11) is -3.54. The van der Waals surface area contributed by atoms with Gasteiger partial charge in [-0.1, -0.05) is 17.7 Å². The highest BCUT2D eigenvalue weighted by Crippen LogP contribution is 2.29. The second-order valence-electron chi connectivity index (χ2n) is 5.56. The van der Waals surface area contributed by atoms with E-state index in [0.717, 1.165) is 18.4 Å². The number of nitrogens with two attached hydrogens (primary N) is 1. The number of rotatable bonds is 3. The molecule has 1 aromatic carbocycles. The van der Waals surface area contributed by atoms with Crippen molar-refractivity contribution >= 4 is 34.0 Å². The maximum atomic E-state index is 12.7. The van der Waals surface area contributed by atoms with Gasteiger partial charge in [-0.3, -0.25) is 0 Å². The number of sulfonamides is 1. The molecule has 2 atom stereocenters. The van der Waals surface area contributed by atoms with Crippen LogP contribution in [0.4, 0.5) is 0 Å². The van der Waals surface area contributed by atoms with E-state index in [1.54, 1.807) is 12.1 Å². The number of hydrogen-bond donors (Lipinski definition) is 1. The van der Waals surface area contributed by atoms with Crippen LogP contribution >= 0.6 is 24.0 Å².